The van der Waals surface area contributed by atoms with Gasteiger partial charge in [-0.15, -0.1) is 0 Å². The van der Waals surface area contributed by atoms with Gasteiger partial charge in [-0.1, -0.05) is 30.3 Å². The molecule has 4 rings (SSSR count). The van der Waals surface area contributed by atoms with E-state index in [0.717, 1.165) is 10.8 Å². The van der Waals surface area contributed by atoms with Crippen LogP contribution in [0.5, 0.6) is 0 Å². The molecule has 0 saturated carbocycles. The van der Waals surface area contributed by atoms with E-state index < -0.39 is 16.1 Å². The Kier molecular flexibility index (Phi) is 5.20. The molecule has 1 amide bonds. The fraction of sp³-hybridized carbons (Fsp3) is 0.0952. The van der Waals surface area contributed by atoms with E-state index in [-0.39, 0.29) is 10.8 Å². The number of fused-ring (bicyclic) bond motifs is 1. The first-order valence-corrected chi connectivity index (χ1v) is 10.7. The highest BCUT2D eigenvalue weighted by Crippen LogP contribution is 2.22. The Balaban J connectivity index is 1.46. The monoisotopic (exact) mass is 421 g/mol. The summed E-state index contributed by atoms with van der Waals surface area (Å²) < 4.78 is 29.5. The van der Waals surface area contributed by atoms with Crippen LogP contribution in [0.2, 0.25) is 0 Å². The van der Waals surface area contributed by atoms with Crippen molar-refractivity contribution < 1.29 is 13.2 Å². The number of hydrogen-bond acceptors (Lipinski definition) is 5. The lowest BCUT2D eigenvalue weighted by molar-refractivity contribution is -0.119. The number of hydrogen-bond donors (Lipinski definition) is 2. The topological polar surface area (TPSA) is 106 Å². The van der Waals surface area contributed by atoms with E-state index in [9.17, 15) is 13.2 Å². The van der Waals surface area contributed by atoms with Gasteiger partial charge >= 0.3 is 0 Å². The maximum atomic E-state index is 12.7. The third-order valence-corrected chi connectivity index (χ3v) is 6.03. The van der Waals surface area contributed by atoms with Crippen LogP contribution in [-0.4, -0.2) is 29.1 Å². The van der Waals surface area contributed by atoms with Gasteiger partial charge in [0.05, 0.1) is 4.90 Å². The van der Waals surface area contributed by atoms with Crippen LogP contribution in [0.4, 0.5) is 11.4 Å². The minimum atomic E-state index is -3.74. The summed E-state index contributed by atoms with van der Waals surface area (Å²) in [6, 6.07) is 18.5. The Bertz CT molecular complexity index is 1290. The lowest BCUT2D eigenvalue weighted by Gasteiger charge is -2.13. The number of nitrogens with zero attached hydrogens (tertiary/aromatic N) is 3. The van der Waals surface area contributed by atoms with Crippen molar-refractivity contribution in [1.82, 2.24) is 14.8 Å². The number of sulfonamides is 1. The molecule has 3 aromatic carbocycles. The average Bonchev–Trinajstić information content (AvgIpc) is 3.29. The molecule has 0 saturated heterocycles. The minimum absolute atomic E-state index is 0.181. The van der Waals surface area contributed by atoms with Gasteiger partial charge in [-0.2, -0.15) is 5.10 Å². The normalized spacial score (nSPS) is 12.4. The highest BCUT2D eigenvalue weighted by atomic mass is 32.2. The highest BCUT2D eigenvalue weighted by molar-refractivity contribution is 7.92. The van der Waals surface area contributed by atoms with Crippen molar-refractivity contribution in [2.24, 2.45) is 0 Å². The molecule has 1 atom stereocenters. The standard InChI is InChI=1S/C21H19N5O3S/c1-15(26-14-22-13-23-26)21(27)24-18-7-9-19(10-8-18)25-30(28,29)20-11-6-16-4-2-3-5-17(16)12-20/h2-15,25H,1H3,(H,24,27)/t15-/m0/s1. The summed E-state index contributed by atoms with van der Waals surface area (Å²) >= 11 is 0. The predicted octanol–water partition coefficient (Wildman–Crippen LogP) is 3.43. The third-order valence-electron chi connectivity index (χ3n) is 4.65. The van der Waals surface area contributed by atoms with Crippen LogP contribution in [0.1, 0.15) is 13.0 Å². The summed E-state index contributed by atoms with van der Waals surface area (Å²) in [6.07, 6.45) is 2.83. The van der Waals surface area contributed by atoms with Crippen molar-refractivity contribution in [3.63, 3.8) is 0 Å². The van der Waals surface area contributed by atoms with Crippen LogP contribution < -0.4 is 10.0 Å². The zero-order chi connectivity index (χ0) is 21.1. The Morgan fingerprint density at radius 3 is 2.37 bits per heavy atom. The first kappa shape index (κ1) is 19.6. The summed E-state index contributed by atoms with van der Waals surface area (Å²) in [5, 5.41) is 8.53. The third kappa shape index (κ3) is 4.15. The summed E-state index contributed by atoms with van der Waals surface area (Å²) in [5.74, 6) is -0.259. The van der Waals surface area contributed by atoms with Crippen molar-refractivity contribution in [2.45, 2.75) is 17.9 Å². The Labute approximate surface area is 173 Å². The average molecular weight is 421 g/mol. The van der Waals surface area contributed by atoms with E-state index >= 15 is 0 Å². The SMILES string of the molecule is C[C@@H](C(=O)Nc1ccc(NS(=O)(=O)c2ccc3ccccc3c2)cc1)n1cncn1. The van der Waals surface area contributed by atoms with E-state index in [2.05, 4.69) is 20.1 Å². The number of amides is 1. The van der Waals surface area contributed by atoms with Crippen LogP contribution in [0, 0.1) is 0 Å². The summed E-state index contributed by atoms with van der Waals surface area (Å²) in [7, 11) is -3.74. The molecule has 4 aromatic rings. The van der Waals surface area contributed by atoms with Gasteiger partial charge < -0.3 is 5.32 Å². The Morgan fingerprint density at radius 1 is 0.967 bits per heavy atom. The fourth-order valence-corrected chi connectivity index (χ4v) is 4.05. The predicted molar refractivity (Wildman–Crippen MR) is 115 cm³/mol. The summed E-state index contributed by atoms with van der Waals surface area (Å²) in [5.41, 5.74) is 0.936. The molecule has 0 fully saturated rings. The largest absolute Gasteiger partial charge is 0.324 e. The minimum Gasteiger partial charge on any atom is -0.324 e. The number of benzene rings is 3. The molecule has 1 aromatic heterocycles. The number of anilines is 2. The summed E-state index contributed by atoms with van der Waals surface area (Å²) in [4.78, 5) is 16.3. The molecule has 0 spiro atoms. The number of rotatable bonds is 6. The number of carbonyl (C=O) groups excluding carboxylic acids is 1. The molecule has 152 valence electrons. The van der Waals surface area contributed by atoms with Gasteiger partial charge in [-0.25, -0.2) is 18.1 Å². The van der Waals surface area contributed by atoms with E-state index in [1.165, 1.54) is 17.3 Å². The second kappa shape index (κ2) is 7.96. The zero-order valence-electron chi connectivity index (χ0n) is 16.1. The number of nitrogens with one attached hydrogen (secondary N) is 2. The molecular weight excluding hydrogens is 402 g/mol. The van der Waals surface area contributed by atoms with E-state index in [4.69, 9.17) is 0 Å². The molecule has 2 N–H and O–H groups in total. The first-order chi connectivity index (χ1) is 14.4. The Hall–Kier alpha value is -3.72. The van der Waals surface area contributed by atoms with Crippen LogP contribution in [0.3, 0.4) is 0 Å². The molecular formula is C21H19N5O3S. The molecule has 0 radical (unpaired) electrons. The molecule has 0 aliphatic rings. The lowest BCUT2D eigenvalue weighted by atomic mass is 10.1. The van der Waals surface area contributed by atoms with Crippen molar-refractivity contribution in [1.29, 1.82) is 0 Å². The Morgan fingerprint density at radius 2 is 1.67 bits per heavy atom. The molecule has 0 aliphatic carbocycles. The maximum Gasteiger partial charge on any atom is 0.261 e. The smallest absolute Gasteiger partial charge is 0.261 e. The second-order valence-corrected chi connectivity index (χ2v) is 8.41. The zero-order valence-corrected chi connectivity index (χ0v) is 16.9. The lowest BCUT2D eigenvalue weighted by Crippen LogP contribution is -2.24. The van der Waals surface area contributed by atoms with Gasteiger partial charge in [0.15, 0.2) is 0 Å². The van der Waals surface area contributed by atoms with E-state index in [1.54, 1.807) is 49.4 Å². The molecule has 0 unspecified atom stereocenters. The van der Waals surface area contributed by atoms with E-state index in [0.29, 0.717) is 11.4 Å². The number of aromatic nitrogens is 3. The van der Waals surface area contributed by atoms with Gasteiger partial charge in [-0.3, -0.25) is 9.52 Å². The molecule has 0 aliphatic heterocycles. The maximum absolute atomic E-state index is 12.7. The number of carbonyl (C=O) groups is 1. The van der Waals surface area contributed by atoms with Crippen LogP contribution in [0.15, 0.2) is 84.3 Å². The molecule has 1 heterocycles. The molecule has 0 bridgehead atoms. The van der Waals surface area contributed by atoms with Crippen LogP contribution in [0.25, 0.3) is 10.8 Å². The van der Waals surface area contributed by atoms with Gasteiger partial charge in [0.1, 0.15) is 18.7 Å². The summed E-state index contributed by atoms with van der Waals surface area (Å²) in [6.45, 7) is 1.70. The van der Waals surface area contributed by atoms with Crippen molar-refractivity contribution >= 4 is 38.1 Å². The highest BCUT2D eigenvalue weighted by Gasteiger charge is 2.17. The van der Waals surface area contributed by atoms with Crippen molar-refractivity contribution in [2.75, 3.05) is 10.0 Å². The van der Waals surface area contributed by atoms with Gasteiger partial charge in [0.25, 0.3) is 10.0 Å². The van der Waals surface area contributed by atoms with E-state index in [1.807, 2.05) is 24.3 Å². The van der Waals surface area contributed by atoms with Crippen molar-refractivity contribution in [3.8, 4) is 0 Å². The molecule has 9 heteroatoms. The van der Waals surface area contributed by atoms with Crippen LogP contribution in [-0.2, 0) is 14.8 Å². The quantitative estimate of drug-likeness (QED) is 0.496. The van der Waals surface area contributed by atoms with Gasteiger partial charge in [0.2, 0.25) is 5.91 Å². The molecule has 8 nitrogen and oxygen atoms in total. The van der Waals surface area contributed by atoms with Gasteiger partial charge in [0, 0.05) is 11.4 Å². The van der Waals surface area contributed by atoms with Crippen molar-refractivity contribution in [3.05, 3.63) is 79.4 Å². The van der Waals surface area contributed by atoms with Crippen LogP contribution >= 0.6 is 0 Å². The van der Waals surface area contributed by atoms with Gasteiger partial charge in [-0.05, 0) is 54.1 Å². The molecule has 30 heavy (non-hydrogen) atoms. The second-order valence-electron chi connectivity index (χ2n) is 6.73. The fourth-order valence-electron chi connectivity index (χ4n) is 2.95. The first-order valence-electron chi connectivity index (χ1n) is 9.19.